The van der Waals surface area contributed by atoms with E-state index in [1.54, 1.807) is 14.2 Å². The molecule has 0 aliphatic carbocycles. The normalized spacial score (nSPS) is 13.3. The van der Waals surface area contributed by atoms with E-state index in [0.29, 0.717) is 12.8 Å². The molecule has 2 rings (SSSR count). The summed E-state index contributed by atoms with van der Waals surface area (Å²) in [5.74, 6) is 1.64. The lowest BCUT2D eigenvalue weighted by molar-refractivity contribution is 0.119. The second-order valence-corrected chi connectivity index (χ2v) is 6.90. The summed E-state index contributed by atoms with van der Waals surface area (Å²) in [7, 11) is 3.33. The van der Waals surface area contributed by atoms with Gasteiger partial charge in [0.1, 0.15) is 11.5 Å². The highest BCUT2D eigenvalue weighted by Gasteiger charge is 2.22. The number of ether oxygens (including phenoxy) is 2. The molecule has 26 heavy (non-hydrogen) atoms. The summed E-state index contributed by atoms with van der Waals surface area (Å²) in [6.45, 7) is 4.08. The number of aliphatic hydroxyl groups excluding tert-OH is 2. The van der Waals surface area contributed by atoms with Crippen LogP contribution in [0.15, 0.2) is 36.4 Å². The molecule has 0 saturated heterocycles. The average Bonchev–Trinajstić information content (AvgIpc) is 2.66. The number of aliphatic hydroxyl groups is 2. The molecule has 0 heterocycles. The Balaban J connectivity index is 2.15. The third kappa shape index (κ3) is 4.99. The second-order valence-electron chi connectivity index (χ2n) is 6.90. The van der Waals surface area contributed by atoms with Crippen LogP contribution in [0.1, 0.15) is 22.3 Å². The fourth-order valence-corrected chi connectivity index (χ4v) is 3.35. The molecule has 2 atom stereocenters. The summed E-state index contributed by atoms with van der Waals surface area (Å²) in [5, 5.41) is 19.9. The van der Waals surface area contributed by atoms with Crippen LogP contribution in [-0.4, -0.2) is 37.6 Å². The molecule has 0 spiro atoms. The van der Waals surface area contributed by atoms with Gasteiger partial charge in [0.2, 0.25) is 0 Å². The van der Waals surface area contributed by atoms with Crippen LogP contribution in [0.3, 0.4) is 0 Å². The van der Waals surface area contributed by atoms with Crippen molar-refractivity contribution in [3.63, 3.8) is 0 Å². The van der Waals surface area contributed by atoms with Gasteiger partial charge >= 0.3 is 0 Å². The van der Waals surface area contributed by atoms with E-state index in [0.717, 1.165) is 33.8 Å². The maximum atomic E-state index is 9.93. The molecule has 0 bridgehead atoms. The smallest absolute Gasteiger partial charge is 0.122 e. The lowest BCUT2D eigenvalue weighted by Crippen LogP contribution is -2.26. The van der Waals surface area contributed by atoms with Gasteiger partial charge in [0.15, 0.2) is 0 Å². The van der Waals surface area contributed by atoms with E-state index in [1.165, 1.54) is 0 Å². The molecular formula is C22H30O4. The van der Waals surface area contributed by atoms with E-state index in [-0.39, 0.29) is 25.0 Å². The molecule has 0 fully saturated rings. The third-order valence-electron chi connectivity index (χ3n) is 5.08. The molecule has 2 N–H and O–H groups in total. The van der Waals surface area contributed by atoms with E-state index >= 15 is 0 Å². The van der Waals surface area contributed by atoms with Gasteiger partial charge in [-0.1, -0.05) is 24.3 Å². The molecule has 0 unspecified atom stereocenters. The van der Waals surface area contributed by atoms with Gasteiger partial charge in [0.05, 0.1) is 14.2 Å². The zero-order chi connectivity index (χ0) is 19.1. The van der Waals surface area contributed by atoms with Crippen LogP contribution in [0, 0.1) is 25.7 Å². The molecular weight excluding hydrogens is 328 g/mol. The molecule has 0 amide bonds. The Bertz CT molecular complexity index is 650. The molecule has 0 saturated carbocycles. The van der Waals surface area contributed by atoms with Crippen LogP contribution in [0.2, 0.25) is 0 Å². The first-order chi connectivity index (χ1) is 12.5. The highest BCUT2D eigenvalue weighted by molar-refractivity contribution is 5.38. The van der Waals surface area contributed by atoms with Gasteiger partial charge in [0, 0.05) is 13.2 Å². The summed E-state index contributed by atoms with van der Waals surface area (Å²) in [6, 6.07) is 12.2. The summed E-state index contributed by atoms with van der Waals surface area (Å²) >= 11 is 0. The maximum absolute atomic E-state index is 9.93. The fraction of sp³-hybridized carbons (Fsp3) is 0.455. The minimum absolute atomic E-state index is 0.0280. The van der Waals surface area contributed by atoms with E-state index in [1.807, 2.05) is 38.1 Å². The van der Waals surface area contributed by atoms with Crippen molar-refractivity contribution < 1.29 is 19.7 Å². The van der Waals surface area contributed by atoms with Crippen LogP contribution < -0.4 is 9.47 Å². The predicted octanol–water partition coefficient (Wildman–Crippen LogP) is 3.32. The molecule has 4 nitrogen and oxygen atoms in total. The summed E-state index contributed by atoms with van der Waals surface area (Å²) in [4.78, 5) is 0. The van der Waals surface area contributed by atoms with Crippen LogP contribution in [0.5, 0.6) is 11.5 Å². The van der Waals surface area contributed by atoms with Crippen molar-refractivity contribution in [2.24, 2.45) is 11.8 Å². The number of methoxy groups -OCH3 is 2. The Morgan fingerprint density at radius 3 is 1.42 bits per heavy atom. The van der Waals surface area contributed by atoms with Crippen molar-refractivity contribution in [2.45, 2.75) is 26.7 Å². The monoisotopic (exact) mass is 358 g/mol. The number of rotatable bonds is 9. The van der Waals surface area contributed by atoms with Crippen LogP contribution in [0.4, 0.5) is 0 Å². The summed E-state index contributed by atoms with van der Waals surface area (Å²) in [5.41, 5.74) is 4.38. The Kier molecular flexibility index (Phi) is 7.49. The summed E-state index contributed by atoms with van der Waals surface area (Å²) in [6.07, 6.45) is 1.39. The van der Waals surface area contributed by atoms with E-state index in [4.69, 9.17) is 9.47 Å². The minimum Gasteiger partial charge on any atom is -0.496 e. The quantitative estimate of drug-likeness (QED) is 0.722. The Morgan fingerprint density at radius 1 is 0.731 bits per heavy atom. The Labute approximate surface area is 156 Å². The standard InChI is InChI=1S/C22H30O4/c1-15-5-7-17(11-21(15)25-3)9-19(13-23)20(14-24)10-18-8-6-16(2)22(12-18)26-4/h5-8,11-12,19-20,23-24H,9-10,13-14H2,1-4H3/t19-,20-/m0/s1. The van der Waals surface area contributed by atoms with E-state index in [2.05, 4.69) is 12.1 Å². The molecule has 0 radical (unpaired) electrons. The van der Waals surface area contributed by atoms with Gasteiger partial charge in [0.25, 0.3) is 0 Å². The number of hydrogen-bond acceptors (Lipinski definition) is 4. The lowest BCUT2D eigenvalue weighted by atomic mass is 9.83. The van der Waals surface area contributed by atoms with Crippen molar-refractivity contribution in [1.29, 1.82) is 0 Å². The highest BCUT2D eigenvalue weighted by atomic mass is 16.5. The number of aryl methyl sites for hydroxylation is 2. The first kappa shape index (κ1) is 20.3. The highest BCUT2D eigenvalue weighted by Crippen LogP contribution is 2.27. The SMILES string of the molecule is COc1cc(C[C@@H](CO)[C@H](CO)Cc2ccc(C)c(OC)c2)ccc1C. The molecule has 0 aliphatic heterocycles. The topological polar surface area (TPSA) is 58.9 Å². The van der Waals surface area contributed by atoms with Crippen molar-refractivity contribution in [1.82, 2.24) is 0 Å². The second kappa shape index (κ2) is 9.60. The molecule has 142 valence electrons. The van der Waals surface area contributed by atoms with Gasteiger partial charge in [-0.15, -0.1) is 0 Å². The van der Waals surface area contributed by atoms with Crippen molar-refractivity contribution in [2.75, 3.05) is 27.4 Å². The van der Waals surface area contributed by atoms with Crippen molar-refractivity contribution in [3.05, 3.63) is 58.7 Å². The van der Waals surface area contributed by atoms with Crippen LogP contribution in [0.25, 0.3) is 0 Å². The fourth-order valence-electron chi connectivity index (χ4n) is 3.35. The summed E-state index contributed by atoms with van der Waals surface area (Å²) < 4.78 is 10.8. The van der Waals surface area contributed by atoms with Crippen LogP contribution >= 0.6 is 0 Å². The van der Waals surface area contributed by atoms with Gasteiger partial charge in [-0.2, -0.15) is 0 Å². The van der Waals surface area contributed by atoms with Gasteiger partial charge in [-0.3, -0.25) is 0 Å². The minimum atomic E-state index is -0.0280. The van der Waals surface area contributed by atoms with Gasteiger partial charge in [-0.05, 0) is 72.9 Å². The van der Waals surface area contributed by atoms with Gasteiger partial charge in [-0.25, -0.2) is 0 Å². The molecule has 2 aromatic rings. The lowest BCUT2D eigenvalue weighted by Gasteiger charge is -2.25. The molecule has 2 aromatic carbocycles. The third-order valence-corrected chi connectivity index (χ3v) is 5.08. The Hall–Kier alpha value is -2.04. The average molecular weight is 358 g/mol. The predicted molar refractivity (Wildman–Crippen MR) is 104 cm³/mol. The molecule has 4 heteroatoms. The number of hydrogen-bond donors (Lipinski definition) is 2. The van der Waals surface area contributed by atoms with E-state index < -0.39 is 0 Å². The first-order valence-electron chi connectivity index (χ1n) is 9.01. The van der Waals surface area contributed by atoms with Gasteiger partial charge < -0.3 is 19.7 Å². The largest absolute Gasteiger partial charge is 0.496 e. The zero-order valence-electron chi connectivity index (χ0n) is 16.2. The first-order valence-corrected chi connectivity index (χ1v) is 9.01. The van der Waals surface area contributed by atoms with Crippen molar-refractivity contribution in [3.8, 4) is 11.5 Å². The molecule has 0 aliphatic rings. The maximum Gasteiger partial charge on any atom is 0.122 e. The number of benzene rings is 2. The van der Waals surface area contributed by atoms with Crippen molar-refractivity contribution >= 4 is 0 Å². The molecule has 0 aromatic heterocycles. The Morgan fingerprint density at radius 2 is 1.12 bits per heavy atom. The van der Waals surface area contributed by atoms with Crippen LogP contribution in [-0.2, 0) is 12.8 Å². The van der Waals surface area contributed by atoms with E-state index in [9.17, 15) is 10.2 Å². The zero-order valence-corrected chi connectivity index (χ0v) is 16.2.